The van der Waals surface area contributed by atoms with Crippen LogP contribution in [-0.4, -0.2) is 11.9 Å². The summed E-state index contributed by atoms with van der Waals surface area (Å²) in [6, 6.07) is 5.72. The third-order valence-corrected chi connectivity index (χ3v) is 2.24. The fraction of sp³-hybridized carbons (Fsp3) is 0.200. The summed E-state index contributed by atoms with van der Waals surface area (Å²) < 4.78 is 0. The smallest absolute Gasteiger partial charge is 0.228 e. The zero-order valence-corrected chi connectivity index (χ0v) is 8.16. The maximum absolute atomic E-state index is 11.1. The third kappa shape index (κ3) is 2.07. The van der Waals surface area contributed by atoms with Crippen LogP contribution in [0, 0.1) is 0 Å². The number of hydrogen-bond donors (Lipinski definition) is 3. The molecule has 0 spiro atoms. The predicted molar refractivity (Wildman–Crippen MR) is 58.3 cm³/mol. The Bertz CT molecular complexity index is 435. The predicted octanol–water partition coefficient (Wildman–Crippen LogP) is -0.0454. The van der Waals surface area contributed by atoms with Crippen LogP contribution in [0.5, 0.6) is 0 Å². The summed E-state index contributed by atoms with van der Waals surface area (Å²) in [5.74, 6) is 0.105. The van der Waals surface area contributed by atoms with Crippen molar-refractivity contribution in [3.8, 4) is 0 Å². The SMILES string of the molecule is NC(N)=NCc1ccc2c(c1)CC(=O)N2. The first-order chi connectivity index (χ1) is 7.15. The van der Waals surface area contributed by atoms with E-state index < -0.39 is 0 Å². The minimum Gasteiger partial charge on any atom is -0.370 e. The molecule has 0 atom stereocenters. The second kappa shape index (κ2) is 3.61. The fourth-order valence-corrected chi connectivity index (χ4v) is 1.56. The van der Waals surface area contributed by atoms with E-state index in [0.717, 1.165) is 16.8 Å². The van der Waals surface area contributed by atoms with E-state index in [9.17, 15) is 4.79 Å². The van der Waals surface area contributed by atoms with Crippen molar-refractivity contribution < 1.29 is 4.79 Å². The van der Waals surface area contributed by atoms with Gasteiger partial charge < -0.3 is 16.8 Å². The van der Waals surface area contributed by atoms with E-state index in [-0.39, 0.29) is 11.9 Å². The molecule has 1 amide bonds. The quantitative estimate of drug-likeness (QED) is 0.466. The summed E-state index contributed by atoms with van der Waals surface area (Å²) in [6.45, 7) is 0.448. The standard InChI is InChI=1S/C10H12N4O/c11-10(12)13-5-6-1-2-8-7(3-6)4-9(15)14-8/h1-3H,4-5H2,(H,14,15)(H4,11,12,13). The highest BCUT2D eigenvalue weighted by Crippen LogP contribution is 2.23. The maximum Gasteiger partial charge on any atom is 0.228 e. The Labute approximate surface area is 87.2 Å². The fourth-order valence-electron chi connectivity index (χ4n) is 1.56. The molecule has 0 bridgehead atoms. The second-order valence-corrected chi connectivity index (χ2v) is 3.46. The molecule has 0 aromatic heterocycles. The maximum atomic E-state index is 11.1. The van der Waals surface area contributed by atoms with Crippen LogP contribution in [0.4, 0.5) is 5.69 Å². The number of fused-ring (bicyclic) bond motifs is 1. The van der Waals surface area contributed by atoms with Crippen LogP contribution in [0.3, 0.4) is 0 Å². The number of guanidine groups is 1. The minimum atomic E-state index is 0.0315. The number of nitrogens with two attached hydrogens (primary N) is 2. The molecule has 0 fully saturated rings. The van der Waals surface area contributed by atoms with Gasteiger partial charge in [-0.15, -0.1) is 0 Å². The van der Waals surface area contributed by atoms with E-state index >= 15 is 0 Å². The Hall–Kier alpha value is -2.04. The molecule has 15 heavy (non-hydrogen) atoms. The lowest BCUT2D eigenvalue weighted by Crippen LogP contribution is -2.22. The average Bonchev–Trinajstić information content (AvgIpc) is 2.53. The van der Waals surface area contributed by atoms with Crippen LogP contribution in [0.2, 0.25) is 0 Å². The number of carbonyl (C=O) groups excluding carboxylic acids is 1. The Balaban J connectivity index is 2.20. The first-order valence-corrected chi connectivity index (χ1v) is 4.62. The van der Waals surface area contributed by atoms with Crippen LogP contribution in [0.15, 0.2) is 23.2 Å². The zero-order valence-electron chi connectivity index (χ0n) is 8.16. The molecule has 5 heteroatoms. The number of benzene rings is 1. The lowest BCUT2D eigenvalue weighted by Gasteiger charge is -2.01. The van der Waals surface area contributed by atoms with Crippen molar-refractivity contribution >= 4 is 17.6 Å². The molecule has 5 nitrogen and oxygen atoms in total. The van der Waals surface area contributed by atoms with Gasteiger partial charge in [0, 0.05) is 5.69 Å². The molecule has 78 valence electrons. The molecular formula is C10H12N4O. The van der Waals surface area contributed by atoms with Crippen molar-refractivity contribution in [3.05, 3.63) is 29.3 Å². The first-order valence-electron chi connectivity index (χ1n) is 4.62. The number of amides is 1. The highest BCUT2D eigenvalue weighted by molar-refractivity contribution is 5.99. The van der Waals surface area contributed by atoms with E-state index in [1.54, 1.807) is 0 Å². The molecule has 0 saturated heterocycles. The summed E-state index contributed by atoms with van der Waals surface area (Å²) >= 11 is 0. The van der Waals surface area contributed by atoms with E-state index in [2.05, 4.69) is 10.3 Å². The molecule has 1 heterocycles. The van der Waals surface area contributed by atoms with Crippen LogP contribution >= 0.6 is 0 Å². The molecule has 0 aliphatic carbocycles. The van der Waals surface area contributed by atoms with Gasteiger partial charge in [-0.3, -0.25) is 4.79 Å². The third-order valence-electron chi connectivity index (χ3n) is 2.24. The van der Waals surface area contributed by atoms with Crippen LogP contribution in [0.25, 0.3) is 0 Å². The van der Waals surface area contributed by atoms with Crippen LogP contribution in [0.1, 0.15) is 11.1 Å². The molecule has 1 aliphatic heterocycles. The van der Waals surface area contributed by atoms with Crippen molar-refractivity contribution in [1.82, 2.24) is 0 Å². The molecule has 1 aromatic carbocycles. The largest absolute Gasteiger partial charge is 0.370 e. The van der Waals surface area contributed by atoms with Gasteiger partial charge in [-0.2, -0.15) is 0 Å². The lowest BCUT2D eigenvalue weighted by molar-refractivity contribution is -0.115. The Morgan fingerprint density at radius 2 is 2.27 bits per heavy atom. The number of carbonyl (C=O) groups is 1. The number of hydrogen-bond acceptors (Lipinski definition) is 2. The Kier molecular flexibility index (Phi) is 2.29. The number of anilines is 1. The van der Waals surface area contributed by atoms with Gasteiger partial charge in [-0.05, 0) is 17.2 Å². The number of rotatable bonds is 2. The molecule has 0 saturated carbocycles. The minimum absolute atomic E-state index is 0.0315. The van der Waals surface area contributed by atoms with Gasteiger partial charge in [0.2, 0.25) is 5.91 Å². The van der Waals surface area contributed by atoms with Gasteiger partial charge >= 0.3 is 0 Å². The molecule has 5 N–H and O–H groups in total. The van der Waals surface area contributed by atoms with E-state index in [1.807, 2.05) is 18.2 Å². The van der Waals surface area contributed by atoms with Crippen LogP contribution < -0.4 is 16.8 Å². The van der Waals surface area contributed by atoms with E-state index in [4.69, 9.17) is 11.5 Å². The average molecular weight is 204 g/mol. The van der Waals surface area contributed by atoms with E-state index in [0.29, 0.717) is 13.0 Å². The molecular weight excluding hydrogens is 192 g/mol. The number of nitrogens with zero attached hydrogens (tertiary/aromatic N) is 1. The lowest BCUT2D eigenvalue weighted by atomic mass is 10.1. The van der Waals surface area contributed by atoms with Crippen molar-refractivity contribution in [2.45, 2.75) is 13.0 Å². The molecule has 0 unspecified atom stereocenters. The first kappa shape index (κ1) is 9.51. The number of nitrogens with one attached hydrogen (secondary N) is 1. The van der Waals surface area contributed by atoms with Crippen LogP contribution in [-0.2, 0) is 17.8 Å². The monoisotopic (exact) mass is 204 g/mol. The van der Waals surface area contributed by atoms with Gasteiger partial charge in [0.15, 0.2) is 5.96 Å². The van der Waals surface area contributed by atoms with E-state index in [1.165, 1.54) is 0 Å². The van der Waals surface area contributed by atoms with Gasteiger partial charge in [-0.1, -0.05) is 12.1 Å². The topological polar surface area (TPSA) is 93.5 Å². The van der Waals surface area contributed by atoms with Gasteiger partial charge in [0.1, 0.15) is 0 Å². The molecule has 1 aliphatic rings. The Morgan fingerprint density at radius 3 is 3.00 bits per heavy atom. The van der Waals surface area contributed by atoms with Gasteiger partial charge in [0.05, 0.1) is 13.0 Å². The molecule has 0 radical (unpaired) electrons. The van der Waals surface area contributed by atoms with Gasteiger partial charge in [0.25, 0.3) is 0 Å². The van der Waals surface area contributed by atoms with Crippen molar-refractivity contribution in [2.75, 3.05) is 5.32 Å². The zero-order chi connectivity index (χ0) is 10.8. The number of aliphatic imine (C=N–C) groups is 1. The van der Waals surface area contributed by atoms with Gasteiger partial charge in [-0.25, -0.2) is 4.99 Å². The molecule has 1 aromatic rings. The Morgan fingerprint density at radius 1 is 1.47 bits per heavy atom. The summed E-state index contributed by atoms with van der Waals surface area (Å²) in [6.07, 6.45) is 0.436. The summed E-state index contributed by atoms with van der Waals surface area (Å²) in [5, 5.41) is 2.77. The van der Waals surface area contributed by atoms with Crippen molar-refractivity contribution in [3.63, 3.8) is 0 Å². The summed E-state index contributed by atoms with van der Waals surface area (Å²) in [5.41, 5.74) is 13.4. The highest BCUT2D eigenvalue weighted by Gasteiger charge is 2.16. The van der Waals surface area contributed by atoms with Crippen molar-refractivity contribution in [2.24, 2.45) is 16.5 Å². The second-order valence-electron chi connectivity index (χ2n) is 3.46. The molecule has 2 rings (SSSR count). The highest BCUT2D eigenvalue weighted by atomic mass is 16.1. The normalized spacial score (nSPS) is 13.2. The summed E-state index contributed by atoms with van der Waals surface area (Å²) in [4.78, 5) is 15.0. The van der Waals surface area contributed by atoms with Crippen molar-refractivity contribution in [1.29, 1.82) is 0 Å². The summed E-state index contributed by atoms with van der Waals surface area (Å²) in [7, 11) is 0.